The van der Waals surface area contributed by atoms with Crippen LogP contribution in [0.3, 0.4) is 0 Å². The first kappa shape index (κ1) is 7.86. The van der Waals surface area contributed by atoms with E-state index in [9.17, 15) is 0 Å². The van der Waals surface area contributed by atoms with E-state index in [0.29, 0.717) is 5.75 Å². The van der Waals surface area contributed by atoms with Gasteiger partial charge in [0, 0.05) is 0 Å². The Hall–Kier alpha value is -1.24. The Bertz CT molecular complexity index is 287. The molecule has 1 rings (SSSR count). The second kappa shape index (κ2) is 2.79. The normalized spacial score (nSPS) is 9.64. The van der Waals surface area contributed by atoms with Gasteiger partial charge in [-0.2, -0.15) is 0 Å². The minimum absolute atomic E-state index is 0.300. The molecule has 11 heavy (non-hydrogen) atoms. The number of rotatable bonds is 1. The third-order valence-electron chi connectivity index (χ3n) is 1.68. The van der Waals surface area contributed by atoms with E-state index < -0.39 is 0 Å². The van der Waals surface area contributed by atoms with Crippen LogP contribution in [0.25, 0.3) is 5.57 Å². The van der Waals surface area contributed by atoms with Gasteiger partial charge in [0.05, 0.1) is 0 Å². The molecule has 0 aliphatic carbocycles. The number of phenols is 1. The van der Waals surface area contributed by atoms with E-state index in [1.807, 2.05) is 19.9 Å². The Kier molecular flexibility index (Phi) is 1.99. The maximum atomic E-state index is 9.15. The van der Waals surface area contributed by atoms with Crippen LogP contribution in [0, 0.1) is 6.92 Å². The van der Waals surface area contributed by atoms with Crippen molar-refractivity contribution in [1.29, 1.82) is 0 Å². The molecular weight excluding hydrogens is 136 g/mol. The highest BCUT2D eigenvalue weighted by atomic mass is 16.3. The molecule has 0 aromatic heterocycles. The first-order chi connectivity index (χ1) is 5.11. The van der Waals surface area contributed by atoms with Crippen LogP contribution in [0.1, 0.15) is 18.1 Å². The predicted molar refractivity (Wildman–Crippen MR) is 47.6 cm³/mol. The van der Waals surface area contributed by atoms with Gasteiger partial charge in [-0.15, -0.1) is 0 Å². The van der Waals surface area contributed by atoms with Crippen molar-refractivity contribution in [3.63, 3.8) is 0 Å². The van der Waals surface area contributed by atoms with Gasteiger partial charge in [-0.05, 0) is 37.1 Å². The molecule has 0 bridgehead atoms. The van der Waals surface area contributed by atoms with E-state index >= 15 is 0 Å². The number of hydrogen-bond acceptors (Lipinski definition) is 1. The highest BCUT2D eigenvalue weighted by Gasteiger charge is 1.98. The molecule has 0 atom stereocenters. The van der Waals surface area contributed by atoms with Crippen molar-refractivity contribution in [2.75, 3.05) is 0 Å². The number of aryl methyl sites for hydroxylation is 1. The zero-order valence-corrected chi connectivity index (χ0v) is 6.89. The van der Waals surface area contributed by atoms with Crippen LogP contribution >= 0.6 is 0 Å². The van der Waals surface area contributed by atoms with Gasteiger partial charge in [0.2, 0.25) is 0 Å². The van der Waals surface area contributed by atoms with Crippen LogP contribution in [-0.4, -0.2) is 5.11 Å². The van der Waals surface area contributed by atoms with Crippen molar-refractivity contribution < 1.29 is 5.11 Å². The minimum Gasteiger partial charge on any atom is -0.508 e. The van der Waals surface area contributed by atoms with Gasteiger partial charge in [-0.1, -0.05) is 18.2 Å². The van der Waals surface area contributed by atoms with Crippen LogP contribution in [0.4, 0.5) is 0 Å². The summed E-state index contributed by atoms with van der Waals surface area (Å²) >= 11 is 0. The quantitative estimate of drug-likeness (QED) is 0.649. The number of aromatic hydroxyl groups is 1. The predicted octanol–water partition coefficient (Wildman–Crippen LogP) is 2.73. The number of phenolic OH excluding ortho intramolecular Hbond substituents is 1. The number of allylic oxidation sites excluding steroid dienone is 1. The van der Waals surface area contributed by atoms with Gasteiger partial charge in [-0.25, -0.2) is 0 Å². The molecule has 0 aliphatic heterocycles. The fraction of sp³-hybridized carbons (Fsp3) is 0.200. The zero-order valence-electron chi connectivity index (χ0n) is 6.89. The third kappa shape index (κ3) is 1.61. The standard InChI is InChI=1S/C10H12O/c1-7(2)10-6-9(11)5-4-8(10)3/h4-6,11H,1H2,2-3H3. The zero-order chi connectivity index (χ0) is 8.43. The lowest BCUT2D eigenvalue weighted by molar-refractivity contribution is 0.475. The lowest BCUT2D eigenvalue weighted by Crippen LogP contribution is -1.82. The summed E-state index contributed by atoms with van der Waals surface area (Å²) in [6, 6.07) is 5.30. The number of benzene rings is 1. The minimum atomic E-state index is 0.300. The summed E-state index contributed by atoms with van der Waals surface area (Å²) in [4.78, 5) is 0. The maximum absolute atomic E-state index is 9.15. The van der Waals surface area contributed by atoms with Crippen molar-refractivity contribution in [2.24, 2.45) is 0 Å². The Morgan fingerprint density at radius 1 is 1.45 bits per heavy atom. The van der Waals surface area contributed by atoms with E-state index in [-0.39, 0.29) is 0 Å². The van der Waals surface area contributed by atoms with Gasteiger partial charge in [0.25, 0.3) is 0 Å². The van der Waals surface area contributed by atoms with E-state index in [2.05, 4.69) is 6.58 Å². The summed E-state index contributed by atoms with van der Waals surface area (Å²) in [5.41, 5.74) is 3.17. The molecule has 0 unspecified atom stereocenters. The number of hydrogen-bond donors (Lipinski definition) is 1. The van der Waals surface area contributed by atoms with Crippen LogP contribution in [-0.2, 0) is 0 Å². The van der Waals surface area contributed by atoms with E-state index in [4.69, 9.17) is 5.11 Å². The molecule has 58 valence electrons. The maximum Gasteiger partial charge on any atom is 0.116 e. The van der Waals surface area contributed by atoms with Gasteiger partial charge in [0.1, 0.15) is 5.75 Å². The molecule has 0 spiro atoms. The molecule has 0 fully saturated rings. The summed E-state index contributed by atoms with van der Waals surface area (Å²) in [5, 5.41) is 9.15. The second-order valence-electron chi connectivity index (χ2n) is 2.78. The Labute approximate surface area is 67.0 Å². The molecule has 0 aliphatic rings. The molecular formula is C10H12O. The fourth-order valence-corrected chi connectivity index (χ4v) is 1.07. The first-order valence-corrected chi connectivity index (χ1v) is 3.57. The van der Waals surface area contributed by atoms with Crippen molar-refractivity contribution >= 4 is 5.57 Å². The van der Waals surface area contributed by atoms with Crippen molar-refractivity contribution in [3.05, 3.63) is 35.9 Å². The van der Waals surface area contributed by atoms with E-state index in [1.54, 1.807) is 12.1 Å². The molecule has 1 aromatic carbocycles. The molecule has 1 N–H and O–H groups in total. The van der Waals surface area contributed by atoms with Crippen LogP contribution in [0.5, 0.6) is 5.75 Å². The summed E-state index contributed by atoms with van der Waals surface area (Å²) in [7, 11) is 0. The van der Waals surface area contributed by atoms with Gasteiger partial charge < -0.3 is 5.11 Å². The highest BCUT2D eigenvalue weighted by Crippen LogP contribution is 2.21. The topological polar surface area (TPSA) is 20.2 Å². The summed E-state index contributed by atoms with van der Waals surface area (Å²) in [5.74, 6) is 0.300. The lowest BCUT2D eigenvalue weighted by atomic mass is 10.0. The van der Waals surface area contributed by atoms with Gasteiger partial charge in [-0.3, -0.25) is 0 Å². The van der Waals surface area contributed by atoms with E-state index in [1.165, 1.54) is 0 Å². The molecule has 1 nitrogen and oxygen atoms in total. The molecule has 0 saturated carbocycles. The lowest BCUT2D eigenvalue weighted by Gasteiger charge is -2.04. The Morgan fingerprint density at radius 2 is 2.09 bits per heavy atom. The Morgan fingerprint density at radius 3 is 2.55 bits per heavy atom. The van der Waals surface area contributed by atoms with Gasteiger partial charge >= 0.3 is 0 Å². The molecule has 1 heteroatoms. The Balaban J connectivity index is 3.23. The van der Waals surface area contributed by atoms with Crippen LogP contribution in [0.2, 0.25) is 0 Å². The highest BCUT2D eigenvalue weighted by molar-refractivity contribution is 5.65. The molecule has 0 amide bonds. The molecule has 1 aromatic rings. The smallest absolute Gasteiger partial charge is 0.116 e. The largest absolute Gasteiger partial charge is 0.508 e. The average molecular weight is 148 g/mol. The van der Waals surface area contributed by atoms with Crippen molar-refractivity contribution in [1.82, 2.24) is 0 Å². The van der Waals surface area contributed by atoms with Gasteiger partial charge in [0.15, 0.2) is 0 Å². The molecule has 0 saturated heterocycles. The van der Waals surface area contributed by atoms with Crippen LogP contribution < -0.4 is 0 Å². The van der Waals surface area contributed by atoms with Crippen molar-refractivity contribution in [2.45, 2.75) is 13.8 Å². The third-order valence-corrected chi connectivity index (χ3v) is 1.68. The second-order valence-corrected chi connectivity index (χ2v) is 2.78. The molecule has 0 heterocycles. The first-order valence-electron chi connectivity index (χ1n) is 3.57. The fourth-order valence-electron chi connectivity index (χ4n) is 1.07. The monoisotopic (exact) mass is 148 g/mol. The SMILES string of the molecule is C=C(C)c1cc(O)ccc1C. The van der Waals surface area contributed by atoms with Crippen LogP contribution in [0.15, 0.2) is 24.8 Å². The molecule has 0 radical (unpaired) electrons. The average Bonchev–Trinajstić information content (AvgIpc) is 1.94. The summed E-state index contributed by atoms with van der Waals surface area (Å²) in [6.07, 6.45) is 0. The van der Waals surface area contributed by atoms with E-state index in [0.717, 1.165) is 16.7 Å². The van der Waals surface area contributed by atoms with Crippen molar-refractivity contribution in [3.8, 4) is 5.75 Å². The summed E-state index contributed by atoms with van der Waals surface area (Å²) in [6.45, 7) is 7.75. The summed E-state index contributed by atoms with van der Waals surface area (Å²) < 4.78 is 0.